The quantitative estimate of drug-likeness (QED) is 0.498. The van der Waals surface area contributed by atoms with Crippen molar-refractivity contribution in [1.82, 2.24) is 4.90 Å². The summed E-state index contributed by atoms with van der Waals surface area (Å²) in [4.78, 5) is 26.6. The molecule has 1 saturated heterocycles. The Kier molecular flexibility index (Phi) is 4.79. The Balaban J connectivity index is 1.48. The third kappa shape index (κ3) is 3.20. The van der Waals surface area contributed by atoms with E-state index in [1.54, 1.807) is 12.1 Å². The number of nitro groups is 1. The van der Waals surface area contributed by atoms with Crippen LogP contribution in [-0.4, -0.2) is 28.8 Å². The number of nitro benzene ring substituents is 1. The summed E-state index contributed by atoms with van der Waals surface area (Å²) < 4.78 is 0. The maximum Gasteiger partial charge on any atom is 0.269 e. The molecule has 0 radical (unpaired) electrons. The minimum atomic E-state index is -0.727. The molecule has 1 fully saturated rings. The molecule has 2 atom stereocenters. The first-order valence-electron chi connectivity index (χ1n) is 10.5. The number of hydrogen-bond donors (Lipinski definition) is 1. The fraction of sp³-hybridized carbons (Fsp3) is 0.240. The van der Waals surface area contributed by atoms with E-state index in [-0.39, 0.29) is 22.4 Å². The lowest BCUT2D eigenvalue weighted by Gasteiger charge is -2.34. The zero-order valence-electron chi connectivity index (χ0n) is 17.0. The van der Waals surface area contributed by atoms with Gasteiger partial charge < -0.3 is 5.32 Å². The Hall–Kier alpha value is -3.51. The van der Waals surface area contributed by atoms with Crippen molar-refractivity contribution in [2.24, 2.45) is 5.92 Å². The molecule has 1 amide bonds. The van der Waals surface area contributed by atoms with Crippen molar-refractivity contribution in [3.63, 3.8) is 0 Å². The number of rotatable bonds is 5. The molecule has 0 bridgehead atoms. The standard InChI is InChI=1S/C25H23N3O3/c29-24-25(19-8-2-1-3-9-19,22-11-4-5-12-23(22)26-24)20-13-14-27(17-20)16-18-7-6-10-21(15-18)28(30)31/h1-12,15,20H,13-14,16-17H2,(H,26,29)/t20-,25?/m1/s1. The van der Waals surface area contributed by atoms with Gasteiger partial charge in [-0.1, -0.05) is 60.7 Å². The van der Waals surface area contributed by atoms with Gasteiger partial charge in [0.1, 0.15) is 5.41 Å². The fourth-order valence-electron chi connectivity index (χ4n) is 5.26. The molecule has 2 aliphatic rings. The highest BCUT2D eigenvalue weighted by Gasteiger charge is 2.54. The average Bonchev–Trinajstić information content (AvgIpc) is 3.36. The summed E-state index contributed by atoms with van der Waals surface area (Å²) in [6, 6.07) is 24.8. The van der Waals surface area contributed by atoms with Gasteiger partial charge in [0.15, 0.2) is 0 Å². The normalized spacial score (nSPS) is 22.8. The summed E-state index contributed by atoms with van der Waals surface area (Å²) in [7, 11) is 0. The predicted octanol–water partition coefficient (Wildman–Crippen LogP) is 4.36. The third-order valence-corrected chi connectivity index (χ3v) is 6.60. The van der Waals surface area contributed by atoms with Crippen LogP contribution in [-0.2, 0) is 16.8 Å². The summed E-state index contributed by atoms with van der Waals surface area (Å²) in [5.74, 6) is 0.138. The summed E-state index contributed by atoms with van der Waals surface area (Å²) in [5, 5.41) is 14.2. The van der Waals surface area contributed by atoms with Gasteiger partial charge in [0.2, 0.25) is 5.91 Å². The number of amides is 1. The van der Waals surface area contributed by atoms with Crippen LogP contribution in [0.25, 0.3) is 0 Å². The Morgan fingerprint density at radius 1 is 1.03 bits per heavy atom. The molecule has 0 aromatic heterocycles. The number of non-ortho nitro benzene ring substituents is 1. The van der Waals surface area contributed by atoms with E-state index in [9.17, 15) is 14.9 Å². The van der Waals surface area contributed by atoms with Gasteiger partial charge in [0.05, 0.1) is 4.92 Å². The summed E-state index contributed by atoms with van der Waals surface area (Å²) in [6.45, 7) is 2.23. The smallest absolute Gasteiger partial charge is 0.269 e. The van der Waals surface area contributed by atoms with Crippen LogP contribution >= 0.6 is 0 Å². The molecule has 2 aliphatic heterocycles. The van der Waals surface area contributed by atoms with E-state index in [1.807, 2.05) is 54.6 Å². The molecule has 5 rings (SSSR count). The van der Waals surface area contributed by atoms with E-state index in [0.29, 0.717) is 6.54 Å². The van der Waals surface area contributed by atoms with Gasteiger partial charge in [-0.15, -0.1) is 0 Å². The number of para-hydroxylation sites is 1. The van der Waals surface area contributed by atoms with E-state index in [2.05, 4.69) is 16.3 Å². The Labute approximate surface area is 180 Å². The summed E-state index contributed by atoms with van der Waals surface area (Å²) in [5.41, 5.74) is 3.23. The second-order valence-corrected chi connectivity index (χ2v) is 8.32. The SMILES string of the molecule is O=C1Nc2ccccc2C1(c1ccccc1)[C@@H]1CCN(Cc2cccc([N+](=O)[O-])c2)C1. The predicted molar refractivity (Wildman–Crippen MR) is 119 cm³/mol. The Morgan fingerprint density at radius 2 is 1.81 bits per heavy atom. The van der Waals surface area contributed by atoms with E-state index in [4.69, 9.17) is 0 Å². The van der Waals surface area contributed by atoms with Crippen LogP contribution in [0.2, 0.25) is 0 Å². The molecular weight excluding hydrogens is 390 g/mol. The topological polar surface area (TPSA) is 75.5 Å². The first-order chi connectivity index (χ1) is 15.1. The molecule has 2 heterocycles. The van der Waals surface area contributed by atoms with Crippen LogP contribution in [0.15, 0.2) is 78.9 Å². The van der Waals surface area contributed by atoms with E-state index in [0.717, 1.165) is 41.9 Å². The van der Waals surface area contributed by atoms with Gasteiger partial charge in [0.25, 0.3) is 5.69 Å². The number of anilines is 1. The molecule has 1 unspecified atom stereocenters. The van der Waals surface area contributed by atoms with Crippen LogP contribution in [0, 0.1) is 16.0 Å². The van der Waals surface area contributed by atoms with Crippen LogP contribution in [0.4, 0.5) is 11.4 Å². The number of nitrogens with one attached hydrogen (secondary N) is 1. The van der Waals surface area contributed by atoms with Crippen LogP contribution in [0.5, 0.6) is 0 Å². The summed E-state index contributed by atoms with van der Waals surface area (Å²) in [6.07, 6.45) is 0.881. The van der Waals surface area contributed by atoms with Gasteiger partial charge in [-0.05, 0) is 41.6 Å². The lowest BCUT2D eigenvalue weighted by Crippen LogP contribution is -2.44. The molecule has 3 aromatic rings. The molecular formula is C25H23N3O3. The lowest BCUT2D eigenvalue weighted by atomic mass is 9.66. The highest BCUT2D eigenvalue weighted by Crippen LogP contribution is 2.50. The number of likely N-dealkylation sites (tertiary alicyclic amines) is 1. The largest absolute Gasteiger partial charge is 0.325 e. The van der Waals surface area contributed by atoms with Crippen molar-refractivity contribution < 1.29 is 9.72 Å². The van der Waals surface area contributed by atoms with Crippen molar-refractivity contribution in [3.8, 4) is 0 Å². The zero-order valence-corrected chi connectivity index (χ0v) is 17.0. The molecule has 31 heavy (non-hydrogen) atoms. The number of carbonyl (C=O) groups is 1. The number of nitrogens with zero attached hydrogens (tertiary/aromatic N) is 2. The van der Waals surface area contributed by atoms with Gasteiger partial charge in [-0.3, -0.25) is 19.8 Å². The molecule has 0 saturated carbocycles. The number of fused-ring (bicyclic) bond motifs is 1. The molecule has 156 valence electrons. The molecule has 0 spiro atoms. The van der Waals surface area contributed by atoms with Crippen molar-refractivity contribution in [2.45, 2.75) is 18.4 Å². The zero-order chi connectivity index (χ0) is 21.4. The first-order valence-corrected chi connectivity index (χ1v) is 10.5. The van der Waals surface area contributed by atoms with Gasteiger partial charge >= 0.3 is 0 Å². The average molecular weight is 413 g/mol. The van der Waals surface area contributed by atoms with E-state index < -0.39 is 5.41 Å². The van der Waals surface area contributed by atoms with E-state index >= 15 is 0 Å². The highest BCUT2D eigenvalue weighted by atomic mass is 16.6. The maximum atomic E-state index is 13.5. The summed E-state index contributed by atoms with van der Waals surface area (Å²) >= 11 is 0. The van der Waals surface area contributed by atoms with Crippen molar-refractivity contribution >= 4 is 17.3 Å². The van der Waals surface area contributed by atoms with E-state index in [1.165, 1.54) is 6.07 Å². The molecule has 3 aromatic carbocycles. The third-order valence-electron chi connectivity index (χ3n) is 6.60. The minimum Gasteiger partial charge on any atom is -0.325 e. The fourth-order valence-corrected chi connectivity index (χ4v) is 5.26. The number of carbonyl (C=O) groups excluding carboxylic acids is 1. The Bertz CT molecular complexity index is 1150. The second-order valence-electron chi connectivity index (χ2n) is 8.32. The maximum absolute atomic E-state index is 13.5. The van der Waals surface area contributed by atoms with Crippen molar-refractivity contribution in [3.05, 3.63) is 106 Å². The minimum absolute atomic E-state index is 0.0297. The van der Waals surface area contributed by atoms with Crippen LogP contribution in [0.1, 0.15) is 23.1 Å². The number of hydrogen-bond acceptors (Lipinski definition) is 4. The van der Waals surface area contributed by atoms with Gasteiger partial charge in [0, 0.05) is 30.9 Å². The Morgan fingerprint density at radius 3 is 2.61 bits per heavy atom. The first kappa shape index (κ1) is 19.5. The highest BCUT2D eigenvalue weighted by molar-refractivity contribution is 6.09. The second kappa shape index (κ2) is 7.63. The molecule has 6 heteroatoms. The molecule has 1 N–H and O–H groups in total. The molecule has 0 aliphatic carbocycles. The number of benzene rings is 3. The van der Waals surface area contributed by atoms with Gasteiger partial charge in [-0.25, -0.2) is 0 Å². The molecule has 6 nitrogen and oxygen atoms in total. The lowest BCUT2D eigenvalue weighted by molar-refractivity contribution is -0.384. The van der Waals surface area contributed by atoms with Crippen molar-refractivity contribution in [1.29, 1.82) is 0 Å². The van der Waals surface area contributed by atoms with Gasteiger partial charge in [-0.2, -0.15) is 0 Å². The monoisotopic (exact) mass is 413 g/mol. The van der Waals surface area contributed by atoms with Crippen LogP contribution < -0.4 is 5.32 Å². The van der Waals surface area contributed by atoms with Crippen molar-refractivity contribution in [2.75, 3.05) is 18.4 Å². The van der Waals surface area contributed by atoms with Crippen LogP contribution in [0.3, 0.4) is 0 Å².